The fourth-order valence-corrected chi connectivity index (χ4v) is 3.48. The van der Waals surface area contributed by atoms with E-state index in [1.54, 1.807) is 11.3 Å². The van der Waals surface area contributed by atoms with E-state index in [4.69, 9.17) is 5.26 Å². The average Bonchev–Trinajstić information content (AvgIpc) is 2.53. The third-order valence-electron chi connectivity index (χ3n) is 1.97. The SMILES string of the molecule is N#CCc1ccc(I)c2cc(S)sc12. The Hall–Kier alpha value is -0.250. The summed E-state index contributed by atoms with van der Waals surface area (Å²) in [7, 11) is 0. The minimum Gasteiger partial charge on any atom is -0.198 e. The normalized spacial score (nSPS) is 10.4. The van der Waals surface area contributed by atoms with Crippen molar-refractivity contribution in [2.24, 2.45) is 0 Å². The number of thiophene rings is 1. The topological polar surface area (TPSA) is 23.8 Å². The molecule has 1 heterocycles. The molecule has 0 radical (unpaired) electrons. The van der Waals surface area contributed by atoms with Gasteiger partial charge in [-0.25, -0.2) is 0 Å². The van der Waals surface area contributed by atoms with Gasteiger partial charge in [-0.3, -0.25) is 0 Å². The van der Waals surface area contributed by atoms with Crippen LogP contribution in [-0.4, -0.2) is 0 Å². The highest BCUT2D eigenvalue weighted by Gasteiger charge is 2.07. The van der Waals surface area contributed by atoms with E-state index in [-0.39, 0.29) is 0 Å². The predicted octanol–water partition coefficient (Wildman–Crippen LogP) is 3.86. The number of nitriles is 1. The molecular weight excluding hydrogens is 325 g/mol. The van der Waals surface area contributed by atoms with Crippen molar-refractivity contribution in [3.05, 3.63) is 27.3 Å². The lowest BCUT2D eigenvalue weighted by Gasteiger charge is -1.98. The van der Waals surface area contributed by atoms with E-state index in [0.717, 1.165) is 9.77 Å². The van der Waals surface area contributed by atoms with Crippen LogP contribution in [0.1, 0.15) is 5.56 Å². The summed E-state index contributed by atoms with van der Waals surface area (Å²) in [6.07, 6.45) is 0.473. The molecule has 0 atom stereocenters. The number of hydrogen-bond acceptors (Lipinski definition) is 3. The zero-order chi connectivity index (χ0) is 10.1. The van der Waals surface area contributed by atoms with Crippen LogP contribution in [0.5, 0.6) is 0 Å². The van der Waals surface area contributed by atoms with Gasteiger partial charge in [0.25, 0.3) is 0 Å². The lowest BCUT2D eigenvalue weighted by molar-refractivity contribution is 1.29. The van der Waals surface area contributed by atoms with Crippen molar-refractivity contribution in [3.63, 3.8) is 0 Å². The van der Waals surface area contributed by atoms with E-state index in [2.05, 4.69) is 53.4 Å². The standard InChI is InChI=1S/C10H6INS2/c11-8-2-1-6(3-4-12)10-7(8)5-9(13)14-10/h1-2,5,13H,3H2. The molecule has 1 aromatic carbocycles. The molecule has 0 amide bonds. The molecule has 70 valence electrons. The van der Waals surface area contributed by atoms with Crippen LogP contribution in [0.4, 0.5) is 0 Å². The summed E-state index contributed by atoms with van der Waals surface area (Å²) in [6.45, 7) is 0. The molecule has 2 aromatic rings. The first-order valence-corrected chi connectivity index (χ1v) is 6.33. The summed E-state index contributed by atoms with van der Waals surface area (Å²) in [5, 5.41) is 9.90. The van der Waals surface area contributed by atoms with E-state index in [1.165, 1.54) is 13.7 Å². The van der Waals surface area contributed by atoms with Crippen molar-refractivity contribution in [1.29, 1.82) is 5.26 Å². The highest BCUT2D eigenvalue weighted by atomic mass is 127. The third kappa shape index (κ3) is 1.76. The van der Waals surface area contributed by atoms with Crippen LogP contribution in [-0.2, 0) is 6.42 Å². The second-order valence-corrected chi connectivity index (χ2v) is 5.87. The van der Waals surface area contributed by atoms with Crippen molar-refractivity contribution in [3.8, 4) is 6.07 Å². The molecule has 1 aromatic heterocycles. The molecule has 0 fully saturated rings. The highest BCUT2D eigenvalue weighted by Crippen LogP contribution is 2.34. The third-order valence-corrected chi connectivity index (χ3v) is 4.33. The number of halogens is 1. The molecule has 0 aliphatic heterocycles. The Morgan fingerprint density at radius 1 is 1.50 bits per heavy atom. The van der Waals surface area contributed by atoms with Crippen LogP contribution < -0.4 is 0 Å². The van der Waals surface area contributed by atoms with E-state index in [0.29, 0.717) is 6.42 Å². The molecule has 0 aliphatic carbocycles. The summed E-state index contributed by atoms with van der Waals surface area (Å²) in [4.78, 5) is 0. The lowest BCUT2D eigenvalue weighted by atomic mass is 10.1. The number of benzene rings is 1. The Labute approximate surface area is 105 Å². The molecule has 2 rings (SSSR count). The maximum Gasteiger partial charge on any atom is 0.0670 e. The first kappa shape index (κ1) is 10.3. The van der Waals surface area contributed by atoms with Crippen molar-refractivity contribution in [2.75, 3.05) is 0 Å². The van der Waals surface area contributed by atoms with Crippen LogP contribution in [0.3, 0.4) is 0 Å². The molecule has 14 heavy (non-hydrogen) atoms. The number of thiol groups is 1. The molecule has 4 heteroatoms. The molecule has 0 unspecified atom stereocenters. The van der Waals surface area contributed by atoms with Gasteiger partial charge in [0.2, 0.25) is 0 Å². The lowest BCUT2D eigenvalue weighted by Crippen LogP contribution is -1.82. The Balaban J connectivity index is 2.75. The summed E-state index contributed by atoms with van der Waals surface area (Å²) in [6, 6.07) is 8.32. The van der Waals surface area contributed by atoms with E-state index >= 15 is 0 Å². The molecule has 0 bridgehead atoms. The monoisotopic (exact) mass is 331 g/mol. The largest absolute Gasteiger partial charge is 0.198 e. The van der Waals surface area contributed by atoms with Crippen LogP contribution in [0.25, 0.3) is 10.1 Å². The molecule has 0 saturated carbocycles. The van der Waals surface area contributed by atoms with Gasteiger partial charge in [0, 0.05) is 13.7 Å². The van der Waals surface area contributed by atoms with Gasteiger partial charge in [-0.05, 0) is 40.3 Å². The van der Waals surface area contributed by atoms with Crippen molar-refractivity contribution in [1.82, 2.24) is 0 Å². The van der Waals surface area contributed by atoms with Crippen LogP contribution >= 0.6 is 46.6 Å². The predicted molar refractivity (Wildman–Crippen MR) is 71.1 cm³/mol. The Bertz CT molecular complexity index is 525. The number of nitrogens with zero attached hydrogens (tertiary/aromatic N) is 1. The maximum atomic E-state index is 8.69. The van der Waals surface area contributed by atoms with Gasteiger partial charge in [0.1, 0.15) is 0 Å². The quantitative estimate of drug-likeness (QED) is 0.623. The van der Waals surface area contributed by atoms with Gasteiger partial charge in [-0.1, -0.05) is 6.07 Å². The summed E-state index contributed by atoms with van der Waals surface area (Å²) >= 11 is 8.29. The average molecular weight is 331 g/mol. The summed E-state index contributed by atoms with van der Waals surface area (Å²) < 4.78 is 3.42. The molecule has 0 saturated heterocycles. The van der Waals surface area contributed by atoms with Gasteiger partial charge in [-0.15, -0.1) is 24.0 Å². The molecule has 0 N–H and O–H groups in total. The Morgan fingerprint density at radius 2 is 2.29 bits per heavy atom. The molecule has 0 spiro atoms. The fraction of sp³-hybridized carbons (Fsp3) is 0.100. The van der Waals surface area contributed by atoms with Gasteiger partial charge in [-0.2, -0.15) is 5.26 Å². The van der Waals surface area contributed by atoms with E-state index in [9.17, 15) is 0 Å². The second-order valence-electron chi connectivity index (χ2n) is 2.87. The molecule has 0 aliphatic rings. The van der Waals surface area contributed by atoms with Gasteiger partial charge in [0.05, 0.1) is 16.7 Å². The van der Waals surface area contributed by atoms with Crippen LogP contribution in [0.2, 0.25) is 0 Å². The van der Waals surface area contributed by atoms with Crippen molar-refractivity contribution >= 4 is 56.6 Å². The van der Waals surface area contributed by atoms with E-state index in [1.807, 2.05) is 6.07 Å². The second kappa shape index (κ2) is 4.09. The number of rotatable bonds is 1. The van der Waals surface area contributed by atoms with Gasteiger partial charge in [0.15, 0.2) is 0 Å². The smallest absolute Gasteiger partial charge is 0.0670 e. The summed E-state index contributed by atoms with van der Waals surface area (Å²) in [5.74, 6) is 0. The fourth-order valence-electron chi connectivity index (χ4n) is 1.36. The van der Waals surface area contributed by atoms with Crippen molar-refractivity contribution in [2.45, 2.75) is 10.6 Å². The zero-order valence-electron chi connectivity index (χ0n) is 7.12. The minimum atomic E-state index is 0.473. The number of hydrogen-bond donors (Lipinski definition) is 1. The zero-order valence-corrected chi connectivity index (χ0v) is 11.0. The van der Waals surface area contributed by atoms with Gasteiger partial charge >= 0.3 is 0 Å². The Morgan fingerprint density at radius 3 is 3.00 bits per heavy atom. The summed E-state index contributed by atoms with van der Waals surface area (Å²) in [5.41, 5.74) is 1.10. The van der Waals surface area contributed by atoms with Crippen LogP contribution in [0.15, 0.2) is 22.4 Å². The molecule has 1 nitrogen and oxygen atoms in total. The van der Waals surface area contributed by atoms with Crippen LogP contribution in [0, 0.1) is 14.9 Å². The first-order valence-electron chi connectivity index (χ1n) is 3.99. The maximum absolute atomic E-state index is 8.69. The van der Waals surface area contributed by atoms with Gasteiger partial charge < -0.3 is 0 Å². The molecular formula is C10H6INS2. The highest BCUT2D eigenvalue weighted by molar-refractivity contribution is 14.1. The minimum absolute atomic E-state index is 0.473. The first-order chi connectivity index (χ1) is 6.72. The van der Waals surface area contributed by atoms with Crippen molar-refractivity contribution < 1.29 is 0 Å². The van der Waals surface area contributed by atoms with E-state index < -0.39 is 0 Å². The Kier molecular flexibility index (Phi) is 3.00. The number of fused-ring (bicyclic) bond motifs is 1.